The van der Waals surface area contributed by atoms with Gasteiger partial charge in [0.15, 0.2) is 5.78 Å². The number of ketones is 1. The van der Waals surface area contributed by atoms with Gasteiger partial charge in [0.2, 0.25) is 0 Å². The Labute approximate surface area is 136 Å². The van der Waals surface area contributed by atoms with Crippen molar-refractivity contribution in [3.05, 3.63) is 77.4 Å². The van der Waals surface area contributed by atoms with Crippen LogP contribution >= 0.6 is 0 Å². The highest BCUT2D eigenvalue weighted by Gasteiger charge is 2.39. The summed E-state index contributed by atoms with van der Waals surface area (Å²) in [5.74, 6) is 0.530. The molecule has 1 atom stereocenters. The summed E-state index contributed by atoms with van der Waals surface area (Å²) in [6.45, 7) is 3.41. The molecule has 0 amide bonds. The number of aliphatic hydroxyl groups is 1. The second-order valence-electron chi connectivity index (χ2n) is 6.33. The summed E-state index contributed by atoms with van der Waals surface area (Å²) in [4.78, 5) is 12.9. The molecule has 0 saturated carbocycles. The van der Waals surface area contributed by atoms with Crippen LogP contribution in [0.1, 0.15) is 36.2 Å². The molecule has 0 bridgehead atoms. The van der Waals surface area contributed by atoms with E-state index in [0.717, 1.165) is 5.56 Å². The topological polar surface area (TPSA) is 46.5 Å². The molecule has 0 aromatic heterocycles. The highest BCUT2D eigenvalue weighted by atomic mass is 16.5. The molecule has 3 heteroatoms. The van der Waals surface area contributed by atoms with Gasteiger partial charge in [0.1, 0.15) is 11.9 Å². The van der Waals surface area contributed by atoms with Crippen molar-refractivity contribution in [2.75, 3.05) is 0 Å². The summed E-state index contributed by atoms with van der Waals surface area (Å²) < 4.78 is 5.98. The van der Waals surface area contributed by atoms with Crippen molar-refractivity contribution in [1.82, 2.24) is 0 Å². The summed E-state index contributed by atoms with van der Waals surface area (Å²) in [6, 6.07) is 18.8. The van der Waals surface area contributed by atoms with Crippen LogP contribution in [-0.2, 0) is 4.74 Å². The normalized spacial score (nSPS) is 18.0. The van der Waals surface area contributed by atoms with Crippen molar-refractivity contribution >= 4 is 11.5 Å². The number of Topliss-reactive ketones (excluding diaryl/α,β-unsaturated/α-hetero) is 1. The first-order valence-electron chi connectivity index (χ1n) is 7.74. The van der Waals surface area contributed by atoms with E-state index in [1.54, 1.807) is 26.0 Å². The molecule has 1 aliphatic heterocycles. The summed E-state index contributed by atoms with van der Waals surface area (Å²) in [6.07, 6.45) is -0.0260. The van der Waals surface area contributed by atoms with Gasteiger partial charge in [-0.3, -0.25) is 4.79 Å². The molecule has 3 nitrogen and oxygen atoms in total. The van der Waals surface area contributed by atoms with Gasteiger partial charge < -0.3 is 9.84 Å². The molecule has 23 heavy (non-hydrogen) atoms. The van der Waals surface area contributed by atoms with Crippen molar-refractivity contribution in [2.24, 2.45) is 0 Å². The quantitative estimate of drug-likeness (QED) is 0.873. The van der Waals surface area contributed by atoms with Gasteiger partial charge >= 0.3 is 0 Å². The third-order valence-electron chi connectivity index (χ3n) is 4.06. The fraction of sp³-hybridized carbons (Fsp3) is 0.250. The summed E-state index contributed by atoms with van der Waals surface area (Å²) >= 11 is 0. The fourth-order valence-electron chi connectivity index (χ4n) is 2.72. The lowest BCUT2D eigenvalue weighted by Gasteiger charge is -2.25. The predicted octanol–water partition coefficient (Wildman–Crippen LogP) is 3.84. The summed E-state index contributed by atoms with van der Waals surface area (Å²) in [5.41, 5.74) is 1.10. The van der Waals surface area contributed by atoms with Gasteiger partial charge in [0, 0.05) is 23.1 Å². The molecule has 0 spiro atoms. The smallest absolute Gasteiger partial charge is 0.192 e. The first kappa shape index (κ1) is 15.5. The van der Waals surface area contributed by atoms with Gasteiger partial charge in [-0.2, -0.15) is 0 Å². The van der Waals surface area contributed by atoms with Crippen LogP contribution in [0.3, 0.4) is 0 Å². The van der Waals surface area contributed by atoms with Gasteiger partial charge in [-0.15, -0.1) is 0 Å². The van der Waals surface area contributed by atoms with Crippen molar-refractivity contribution < 1.29 is 14.6 Å². The lowest BCUT2D eigenvalue weighted by atomic mass is 9.92. The Balaban J connectivity index is 2.03. The monoisotopic (exact) mass is 308 g/mol. The Bertz CT molecular complexity index is 724. The fourth-order valence-corrected chi connectivity index (χ4v) is 2.72. The van der Waals surface area contributed by atoms with E-state index < -0.39 is 11.7 Å². The molecule has 1 N–H and O–H groups in total. The van der Waals surface area contributed by atoms with Crippen LogP contribution < -0.4 is 0 Å². The molecule has 0 radical (unpaired) electrons. The number of rotatable bonds is 4. The highest BCUT2D eigenvalue weighted by molar-refractivity contribution is 6.13. The van der Waals surface area contributed by atoms with E-state index in [0.29, 0.717) is 23.3 Å². The molecule has 2 aromatic rings. The SMILES string of the molecule is CC(C)(O)C1CC(C(=O)c2ccccc2)=C(c2ccccc2)O1. The lowest BCUT2D eigenvalue weighted by Crippen LogP contribution is -2.35. The zero-order valence-corrected chi connectivity index (χ0v) is 13.3. The number of hydrogen-bond acceptors (Lipinski definition) is 3. The van der Waals surface area contributed by atoms with Crippen molar-refractivity contribution in [2.45, 2.75) is 32.0 Å². The van der Waals surface area contributed by atoms with E-state index in [1.807, 2.05) is 48.5 Å². The average molecular weight is 308 g/mol. The number of ether oxygens (including phenoxy) is 1. The van der Waals surface area contributed by atoms with Crippen LogP contribution in [0.4, 0.5) is 0 Å². The Kier molecular flexibility index (Phi) is 4.05. The van der Waals surface area contributed by atoms with E-state index >= 15 is 0 Å². The maximum absolute atomic E-state index is 12.9. The molecule has 1 aliphatic rings. The van der Waals surface area contributed by atoms with Crippen LogP contribution in [0, 0.1) is 0 Å². The second kappa shape index (κ2) is 6.01. The van der Waals surface area contributed by atoms with E-state index in [-0.39, 0.29) is 5.78 Å². The average Bonchev–Trinajstić information content (AvgIpc) is 3.01. The van der Waals surface area contributed by atoms with Crippen molar-refractivity contribution in [3.8, 4) is 0 Å². The summed E-state index contributed by atoms with van der Waals surface area (Å²) in [7, 11) is 0. The molecule has 3 rings (SSSR count). The Morgan fingerprint density at radius 3 is 2.17 bits per heavy atom. The van der Waals surface area contributed by atoms with Crippen LogP contribution in [0.5, 0.6) is 0 Å². The highest BCUT2D eigenvalue weighted by Crippen LogP contribution is 2.38. The van der Waals surface area contributed by atoms with E-state index in [1.165, 1.54) is 0 Å². The van der Waals surface area contributed by atoms with Gasteiger partial charge in [-0.05, 0) is 13.8 Å². The van der Waals surface area contributed by atoms with Crippen LogP contribution in [0.2, 0.25) is 0 Å². The van der Waals surface area contributed by atoms with E-state index in [4.69, 9.17) is 4.74 Å². The minimum atomic E-state index is -1.02. The van der Waals surface area contributed by atoms with Crippen molar-refractivity contribution in [3.63, 3.8) is 0 Å². The van der Waals surface area contributed by atoms with Crippen molar-refractivity contribution in [1.29, 1.82) is 0 Å². The number of benzene rings is 2. The molecule has 0 fully saturated rings. The third-order valence-corrected chi connectivity index (χ3v) is 4.06. The minimum absolute atomic E-state index is 0.0452. The first-order valence-corrected chi connectivity index (χ1v) is 7.74. The molecular formula is C20H20O3. The van der Waals surface area contributed by atoms with Crippen LogP contribution in [0.15, 0.2) is 66.2 Å². The van der Waals surface area contributed by atoms with E-state index in [2.05, 4.69) is 0 Å². The molecule has 118 valence electrons. The first-order chi connectivity index (χ1) is 11.0. The number of carbonyl (C=O) groups excluding carboxylic acids is 1. The van der Waals surface area contributed by atoms with Gasteiger partial charge in [-0.25, -0.2) is 0 Å². The van der Waals surface area contributed by atoms with Crippen LogP contribution in [-0.4, -0.2) is 22.6 Å². The Morgan fingerprint density at radius 1 is 1.04 bits per heavy atom. The maximum Gasteiger partial charge on any atom is 0.192 e. The minimum Gasteiger partial charge on any atom is -0.486 e. The standard InChI is InChI=1S/C20H20O3/c1-20(2,22)17-13-16(18(21)14-9-5-3-6-10-14)19(23-17)15-11-7-4-8-12-15/h3-12,17,22H,13H2,1-2H3. The van der Waals surface area contributed by atoms with E-state index in [9.17, 15) is 9.90 Å². The number of carbonyl (C=O) groups is 1. The lowest BCUT2D eigenvalue weighted by molar-refractivity contribution is -0.0369. The van der Waals surface area contributed by atoms with Gasteiger partial charge in [0.05, 0.1) is 5.60 Å². The largest absolute Gasteiger partial charge is 0.486 e. The summed E-state index contributed by atoms with van der Waals surface area (Å²) in [5, 5.41) is 10.3. The maximum atomic E-state index is 12.9. The molecule has 1 heterocycles. The zero-order chi connectivity index (χ0) is 16.4. The predicted molar refractivity (Wildman–Crippen MR) is 89.9 cm³/mol. The number of hydrogen-bond donors (Lipinski definition) is 1. The van der Waals surface area contributed by atoms with Gasteiger partial charge in [0.25, 0.3) is 0 Å². The molecule has 2 aromatic carbocycles. The van der Waals surface area contributed by atoms with Crippen LogP contribution in [0.25, 0.3) is 5.76 Å². The molecular weight excluding hydrogens is 288 g/mol. The molecule has 0 aliphatic carbocycles. The molecule has 0 saturated heterocycles. The Morgan fingerprint density at radius 2 is 1.61 bits per heavy atom. The third kappa shape index (κ3) is 3.20. The van der Waals surface area contributed by atoms with Gasteiger partial charge in [-0.1, -0.05) is 60.7 Å². The zero-order valence-electron chi connectivity index (χ0n) is 13.3. The molecule has 1 unspecified atom stereocenters. The Hall–Kier alpha value is -2.39. The second-order valence-corrected chi connectivity index (χ2v) is 6.33.